The molecule has 3 rings (SSSR count). The van der Waals surface area contributed by atoms with E-state index in [0.29, 0.717) is 33.7 Å². The van der Waals surface area contributed by atoms with Crippen LogP contribution in [0.3, 0.4) is 0 Å². The molecular formula is C18H20N4O2. The molecule has 0 aliphatic carbocycles. The molecule has 124 valence electrons. The number of nitrogens with two attached hydrogens (primary N) is 1. The van der Waals surface area contributed by atoms with Crippen LogP contribution in [0, 0.1) is 13.8 Å². The van der Waals surface area contributed by atoms with E-state index in [1.54, 1.807) is 25.1 Å². The van der Waals surface area contributed by atoms with Gasteiger partial charge in [0.2, 0.25) is 0 Å². The summed E-state index contributed by atoms with van der Waals surface area (Å²) in [5.41, 5.74) is 10.4. The maximum Gasteiger partial charge on any atom is 0.259 e. The van der Waals surface area contributed by atoms with Crippen molar-refractivity contribution in [2.24, 2.45) is 0 Å². The largest absolute Gasteiger partial charge is 0.399 e. The number of nitrogens with one attached hydrogen (secondary N) is 1. The minimum Gasteiger partial charge on any atom is -0.399 e. The second-order valence-corrected chi connectivity index (χ2v) is 6.23. The van der Waals surface area contributed by atoms with Crippen LogP contribution in [0.25, 0.3) is 11.1 Å². The van der Waals surface area contributed by atoms with Gasteiger partial charge in [-0.3, -0.25) is 4.79 Å². The number of carbonyl (C=O) groups is 1. The molecule has 2 heterocycles. The molecule has 24 heavy (non-hydrogen) atoms. The average Bonchev–Trinajstić information content (AvgIpc) is 2.91. The molecule has 3 aromatic rings. The Morgan fingerprint density at radius 1 is 1.25 bits per heavy atom. The molecule has 0 bridgehead atoms. The summed E-state index contributed by atoms with van der Waals surface area (Å²) in [5.74, 6) is -0.0650. The Hall–Kier alpha value is -2.89. The predicted octanol–water partition coefficient (Wildman–Crippen LogP) is 3.80. The molecule has 1 amide bonds. The van der Waals surface area contributed by atoms with Crippen LogP contribution in [0.5, 0.6) is 0 Å². The number of fused-ring (bicyclic) bond motifs is 1. The fourth-order valence-electron chi connectivity index (χ4n) is 2.55. The summed E-state index contributed by atoms with van der Waals surface area (Å²) in [7, 11) is 0. The van der Waals surface area contributed by atoms with Gasteiger partial charge >= 0.3 is 0 Å². The highest BCUT2D eigenvalue weighted by molar-refractivity contribution is 6.12. The molecule has 1 aromatic carbocycles. The summed E-state index contributed by atoms with van der Waals surface area (Å²) < 4.78 is 5.26. The van der Waals surface area contributed by atoms with E-state index in [1.165, 1.54) is 0 Å². The van der Waals surface area contributed by atoms with Crippen LogP contribution in [0.15, 0.2) is 28.8 Å². The first-order valence-electron chi connectivity index (χ1n) is 7.81. The summed E-state index contributed by atoms with van der Waals surface area (Å²) in [6.45, 7) is 7.74. The minimum absolute atomic E-state index is 0.167. The number of nitrogens with zero attached hydrogens (tertiary/aromatic N) is 2. The summed E-state index contributed by atoms with van der Waals surface area (Å²) in [6, 6.07) is 7.22. The quantitative estimate of drug-likeness (QED) is 0.715. The second-order valence-electron chi connectivity index (χ2n) is 6.23. The number of hydrogen-bond donors (Lipinski definition) is 2. The molecule has 0 aliphatic heterocycles. The summed E-state index contributed by atoms with van der Waals surface area (Å²) >= 11 is 0. The first-order chi connectivity index (χ1) is 11.4. The Morgan fingerprint density at radius 3 is 2.71 bits per heavy atom. The van der Waals surface area contributed by atoms with E-state index in [-0.39, 0.29) is 11.8 Å². The van der Waals surface area contributed by atoms with Crippen molar-refractivity contribution in [2.45, 2.75) is 33.6 Å². The molecule has 0 aliphatic rings. The number of aryl methyl sites for hydroxylation is 2. The van der Waals surface area contributed by atoms with Gasteiger partial charge in [-0.1, -0.05) is 25.1 Å². The monoisotopic (exact) mass is 324 g/mol. The third kappa shape index (κ3) is 2.82. The topological polar surface area (TPSA) is 94.0 Å². The fraction of sp³-hybridized carbons (Fsp3) is 0.278. The van der Waals surface area contributed by atoms with Gasteiger partial charge in [0, 0.05) is 17.1 Å². The van der Waals surface area contributed by atoms with E-state index in [4.69, 9.17) is 10.3 Å². The third-order valence-electron chi connectivity index (χ3n) is 3.98. The molecule has 6 heteroatoms. The molecule has 0 saturated carbocycles. The van der Waals surface area contributed by atoms with Crippen molar-refractivity contribution in [3.8, 4) is 0 Å². The number of rotatable bonds is 3. The molecule has 0 unspecified atom stereocenters. The lowest BCUT2D eigenvalue weighted by atomic mass is 10.0. The zero-order valence-corrected chi connectivity index (χ0v) is 14.2. The number of pyridine rings is 1. The summed E-state index contributed by atoms with van der Waals surface area (Å²) in [5, 5.41) is 7.50. The van der Waals surface area contributed by atoms with E-state index in [9.17, 15) is 4.79 Å². The number of carbonyl (C=O) groups excluding carboxylic acids is 1. The molecule has 6 nitrogen and oxygen atoms in total. The van der Waals surface area contributed by atoms with Gasteiger partial charge in [-0.2, -0.15) is 0 Å². The highest BCUT2D eigenvalue weighted by atomic mass is 16.5. The van der Waals surface area contributed by atoms with E-state index in [0.717, 1.165) is 11.3 Å². The summed E-state index contributed by atoms with van der Waals surface area (Å²) in [6.07, 6.45) is 0. The van der Waals surface area contributed by atoms with Crippen LogP contribution in [0.1, 0.15) is 47.1 Å². The zero-order valence-electron chi connectivity index (χ0n) is 14.2. The number of benzene rings is 1. The van der Waals surface area contributed by atoms with E-state index < -0.39 is 0 Å². The minimum atomic E-state index is -0.232. The molecule has 2 aromatic heterocycles. The number of hydrogen-bond acceptors (Lipinski definition) is 5. The Labute approximate surface area is 140 Å². The molecule has 0 spiro atoms. The van der Waals surface area contributed by atoms with Crippen molar-refractivity contribution in [1.29, 1.82) is 0 Å². The highest BCUT2D eigenvalue weighted by Gasteiger charge is 2.20. The number of amides is 1. The number of anilines is 2. The maximum absolute atomic E-state index is 12.9. The predicted molar refractivity (Wildman–Crippen MR) is 94.2 cm³/mol. The average molecular weight is 324 g/mol. The van der Waals surface area contributed by atoms with Crippen LogP contribution in [0.2, 0.25) is 0 Å². The standard InChI is InChI=1S/C18H20N4O2/c1-9(2)14-8-13(16-11(4)22-24-18(16)21-14)17(23)20-15-7-12(19)6-5-10(15)3/h5-9H,19H2,1-4H3,(H,20,23). The Balaban J connectivity index is 2.08. The van der Waals surface area contributed by atoms with Crippen LogP contribution >= 0.6 is 0 Å². The van der Waals surface area contributed by atoms with Crippen molar-refractivity contribution >= 4 is 28.4 Å². The lowest BCUT2D eigenvalue weighted by Gasteiger charge is -2.11. The Morgan fingerprint density at radius 2 is 2.00 bits per heavy atom. The lowest BCUT2D eigenvalue weighted by Crippen LogP contribution is -2.14. The lowest BCUT2D eigenvalue weighted by molar-refractivity contribution is 0.102. The van der Waals surface area contributed by atoms with Gasteiger partial charge < -0.3 is 15.6 Å². The number of aromatic nitrogens is 2. The van der Waals surface area contributed by atoms with Gasteiger partial charge in [-0.05, 0) is 43.5 Å². The number of nitrogen functional groups attached to an aromatic ring is 1. The van der Waals surface area contributed by atoms with Gasteiger partial charge in [-0.15, -0.1) is 0 Å². The van der Waals surface area contributed by atoms with Crippen molar-refractivity contribution in [3.63, 3.8) is 0 Å². The highest BCUT2D eigenvalue weighted by Crippen LogP contribution is 2.26. The van der Waals surface area contributed by atoms with E-state index in [2.05, 4.69) is 15.5 Å². The van der Waals surface area contributed by atoms with E-state index >= 15 is 0 Å². The van der Waals surface area contributed by atoms with Gasteiger partial charge in [0.1, 0.15) is 0 Å². The Kier molecular flexibility index (Phi) is 3.97. The zero-order chi connectivity index (χ0) is 17.4. The van der Waals surface area contributed by atoms with Crippen molar-refractivity contribution in [2.75, 3.05) is 11.1 Å². The smallest absolute Gasteiger partial charge is 0.259 e. The van der Waals surface area contributed by atoms with Crippen LogP contribution in [0.4, 0.5) is 11.4 Å². The van der Waals surface area contributed by atoms with Crippen LogP contribution < -0.4 is 11.1 Å². The fourth-order valence-corrected chi connectivity index (χ4v) is 2.55. The molecule has 0 saturated heterocycles. The van der Waals surface area contributed by atoms with Gasteiger partial charge in [-0.25, -0.2) is 4.98 Å². The third-order valence-corrected chi connectivity index (χ3v) is 3.98. The van der Waals surface area contributed by atoms with Crippen molar-refractivity contribution in [1.82, 2.24) is 10.1 Å². The molecule has 0 fully saturated rings. The van der Waals surface area contributed by atoms with Crippen molar-refractivity contribution in [3.05, 3.63) is 46.8 Å². The first kappa shape index (κ1) is 16.0. The molecule has 3 N–H and O–H groups in total. The SMILES string of the molecule is Cc1ccc(N)cc1NC(=O)c1cc(C(C)C)nc2onc(C)c12. The van der Waals surface area contributed by atoms with Crippen LogP contribution in [-0.2, 0) is 0 Å². The molecule has 0 radical (unpaired) electrons. The van der Waals surface area contributed by atoms with E-state index in [1.807, 2.05) is 26.8 Å². The first-order valence-corrected chi connectivity index (χ1v) is 7.81. The second kappa shape index (κ2) is 5.96. The summed E-state index contributed by atoms with van der Waals surface area (Å²) in [4.78, 5) is 17.3. The maximum atomic E-state index is 12.9. The van der Waals surface area contributed by atoms with Gasteiger partial charge in [0.05, 0.1) is 16.6 Å². The molecular weight excluding hydrogens is 304 g/mol. The van der Waals surface area contributed by atoms with Gasteiger partial charge in [0.15, 0.2) is 0 Å². The van der Waals surface area contributed by atoms with Crippen LogP contribution in [-0.4, -0.2) is 16.0 Å². The van der Waals surface area contributed by atoms with Crippen molar-refractivity contribution < 1.29 is 9.32 Å². The molecule has 0 atom stereocenters. The normalized spacial score (nSPS) is 11.2. The Bertz CT molecular complexity index is 928. The van der Waals surface area contributed by atoms with Gasteiger partial charge in [0.25, 0.3) is 11.6 Å².